The zero-order chi connectivity index (χ0) is 14.4. The highest BCUT2D eigenvalue weighted by Crippen LogP contribution is 2.32. The largest absolute Gasteiger partial charge is 0.318 e. The fourth-order valence-corrected chi connectivity index (χ4v) is 3.03. The second kappa shape index (κ2) is 7.60. The molecule has 0 saturated heterocycles. The van der Waals surface area contributed by atoms with Crippen molar-refractivity contribution in [3.63, 3.8) is 0 Å². The molecular formula is C14H27N3O2. The lowest BCUT2D eigenvalue weighted by molar-refractivity contribution is -0.147. The predicted octanol–water partition coefficient (Wildman–Crippen LogP) is 0.953. The van der Waals surface area contributed by atoms with Crippen LogP contribution in [0.3, 0.4) is 0 Å². The summed E-state index contributed by atoms with van der Waals surface area (Å²) in [5, 5.41) is 4.74. The van der Waals surface area contributed by atoms with Crippen LogP contribution in [0.5, 0.6) is 0 Å². The molecule has 5 heteroatoms. The highest BCUT2D eigenvalue weighted by Gasteiger charge is 2.37. The molecule has 0 heterocycles. The van der Waals surface area contributed by atoms with Crippen molar-refractivity contribution in [1.82, 2.24) is 15.8 Å². The van der Waals surface area contributed by atoms with Crippen LogP contribution in [-0.2, 0) is 9.59 Å². The minimum Gasteiger partial charge on any atom is -0.318 e. The Morgan fingerprint density at radius 1 is 1.21 bits per heavy atom. The molecule has 3 atom stereocenters. The standard InChI is InChI=1S/C14H27N3O2/c1-10(9-15-3)17(16-4)14(19)13-8-6-5-7-12(13)11(2)18/h10,12-13,15-16H,5-9H2,1-4H3. The van der Waals surface area contributed by atoms with Gasteiger partial charge in [-0.2, -0.15) is 0 Å². The molecule has 0 bridgehead atoms. The van der Waals surface area contributed by atoms with Gasteiger partial charge in [0.2, 0.25) is 5.91 Å². The molecule has 110 valence electrons. The summed E-state index contributed by atoms with van der Waals surface area (Å²) in [5.74, 6) is -0.0441. The molecule has 5 nitrogen and oxygen atoms in total. The van der Waals surface area contributed by atoms with Gasteiger partial charge in [-0.1, -0.05) is 12.8 Å². The Hall–Kier alpha value is -0.940. The summed E-state index contributed by atoms with van der Waals surface area (Å²) < 4.78 is 0. The Morgan fingerprint density at radius 2 is 1.79 bits per heavy atom. The van der Waals surface area contributed by atoms with E-state index in [0.29, 0.717) is 0 Å². The summed E-state index contributed by atoms with van der Waals surface area (Å²) >= 11 is 0. The van der Waals surface area contributed by atoms with E-state index in [1.807, 2.05) is 14.0 Å². The predicted molar refractivity (Wildman–Crippen MR) is 75.4 cm³/mol. The molecule has 0 aromatic carbocycles. The van der Waals surface area contributed by atoms with Crippen LogP contribution in [0.1, 0.15) is 39.5 Å². The molecule has 1 aliphatic carbocycles. The van der Waals surface area contributed by atoms with Gasteiger partial charge in [-0.05, 0) is 33.7 Å². The summed E-state index contributed by atoms with van der Waals surface area (Å²) in [7, 11) is 3.63. The van der Waals surface area contributed by atoms with Crippen molar-refractivity contribution in [3.05, 3.63) is 0 Å². The van der Waals surface area contributed by atoms with Crippen LogP contribution in [0.2, 0.25) is 0 Å². The van der Waals surface area contributed by atoms with Crippen LogP contribution >= 0.6 is 0 Å². The van der Waals surface area contributed by atoms with Crippen molar-refractivity contribution in [3.8, 4) is 0 Å². The minimum atomic E-state index is -0.155. The lowest BCUT2D eigenvalue weighted by atomic mass is 9.76. The maximum absolute atomic E-state index is 12.6. The molecule has 1 aliphatic rings. The number of hydrazine groups is 1. The third-order valence-electron chi connectivity index (χ3n) is 4.02. The molecule has 0 aromatic heterocycles. The zero-order valence-corrected chi connectivity index (χ0v) is 12.5. The van der Waals surface area contributed by atoms with E-state index in [4.69, 9.17) is 0 Å². The van der Waals surface area contributed by atoms with Crippen molar-refractivity contribution in [2.75, 3.05) is 20.6 Å². The van der Waals surface area contributed by atoms with Crippen LogP contribution in [-0.4, -0.2) is 43.4 Å². The number of carbonyl (C=O) groups is 2. The quantitative estimate of drug-likeness (QED) is 0.705. The van der Waals surface area contributed by atoms with Crippen LogP contribution in [0.4, 0.5) is 0 Å². The van der Waals surface area contributed by atoms with Crippen LogP contribution < -0.4 is 10.7 Å². The third-order valence-corrected chi connectivity index (χ3v) is 4.02. The first-order chi connectivity index (χ1) is 9.02. The van der Waals surface area contributed by atoms with E-state index >= 15 is 0 Å². The number of Topliss-reactive ketones (excluding diaryl/α,β-unsaturated/α-hetero) is 1. The van der Waals surface area contributed by atoms with Gasteiger partial charge in [0.1, 0.15) is 5.78 Å². The van der Waals surface area contributed by atoms with E-state index in [-0.39, 0.29) is 29.6 Å². The normalized spacial score (nSPS) is 24.8. The van der Waals surface area contributed by atoms with Crippen LogP contribution in [0, 0.1) is 11.8 Å². The van der Waals surface area contributed by atoms with Crippen molar-refractivity contribution in [2.45, 2.75) is 45.6 Å². The van der Waals surface area contributed by atoms with Crippen molar-refractivity contribution in [1.29, 1.82) is 0 Å². The lowest BCUT2D eigenvalue weighted by Gasteiger charge is -2.36. The van der Waals surface area contributed by atoms with Gasteiger partial charge in [0.05, 0.1) is 6.04 Å². The molecule has 1 rings (SSSR count). The second-order valence-corrected chi connectivity index (χ2v) is 5.45. The molecule has 19 heavy (non-hydrogen) atoms. The van der Waals surface area contributed by atoms with Gasteiger partial charge >= 0.3 is 0 Å². The molecule has 1 fully saturated rings. The average Bonchev–Trinajstić information content (AvgIpc) is 2.39. The number of hydrogen-bond donors (Lipinski definition) is 2. The van der Waals surface area contributed by atoms with Gasteiger partial charge in [-0.3, -0.25) is 14.6 Å². The summed E-state index contributed by atoms with van der Waals surface area (Å²) in [6.07, 6.45) is 3.77. The fourth-order valence-electron chi connectivity index (χ4n) is 3.03. The molecule has 2 N–H and O–H groups in total. The topological polar surface area (TPSA) is 61.4 Å². The van der Waals surface area contributed by atoms with Gasteiger partial charge in [0, 0.05) is 25.4 Å². The Morgan fingerprint density at radius 3 is 2.26 bits per heavy atom. The first-order valence-corrected chi connectivity index (χ1v) is 7.18. The molecule has 3 unspecified atom stereocenters. The van der Waals surface area contributed by atoms with Gasteiger partial charge < -0.3 is 5.32 Å². The van der Waals surface area contributed by atoms with Crippen molar-refractivity contribution < 1.29 is 9.59 Å². The third kappa shape index (κ3) is 4.01. The summed E-state index contributed by atoms with van der Waals surface area (Å²) in [6.45, 7) is 4.33. The number of nitrogens with one attached hydrogen (secondary N) is 2. The van der Waals surface area contributed by atoms with Crippen LogP contribution in [0.25, 0.3) is 0 Å². The summed E-state index contributed by atoms with van der Waals surface area (Å²) in [6, 6.07) is 0.0667. The SMILES string of the molecule is CNCC(C)N(NC)C(=O)C1CCCCC1C(C)=O. The molecule has 0 radical (unpaired) electrons. The Kier molecular flexibility index (Phi) is 6.45. The Balaban J connectivity index is 2.79. The van der Waals surface area contributed by atoms with Gasteiger partial charge in [-0.25, -0.2) is 5.43 Å². The monoisotopic (exact) mass is 269 g/mol. The highest BCUT2D eigenvalue weighted by atomic mass is 16.2. The van der Waals surface area contributed by atoms with E-state index in [0.717, 1.165) is 32.2 Å². The molecule has 0 aromatic rings. The van der Waals surface area contributed by atoms with Gasteiger partial charge in [-0.15, -0.1) is 0 Å². The molecular weight excluding hydrogens is 242 g/mol. The maximum Gasteiger partial charge on any atom is 0.240 e. The average molecular weight is 269 g/mol. The molecule has 0 spiro atoms. The number of ketones is 1. The lowest BCUT2D eigenvalue weighted by Crippen LogP contribution is -2.54. The van der Waals surface area contributed by atoms with E-state index in [1.165, 1.54) is 0 Å². The number of hydrogen-bond acceptors (Lipinski definition) is 4. The van der Waals surface area contributed by atoms with E-state index < -0.39 is 0 Å². The Labute approximate surface area is 116 Å². The van der Waals surface area contributed by atoms with Crippen molar-refractivity contribution in [2.24, 2.45) is 11.8 Å². The van der Waals surface area contributed by atoms with E-state index in [2.05, 4.69) is 10.7 Å². The molecule has 0 aliphatic heterocycles. The highest BCUT2D eigenvalue weighted by molar-refractivity contribution is 5.87. The fraction of sp³-hybridized carbons (Fsp3) is 0.857. The van der Waals surface area contributed by atoms with Crippen LogP contribution in [0.15, 0.2) is 0 Å². The number of carbonyl (C=O) groups excluding carboxylic acids is 2. The van der Waals surface area contributed by atoms with E-state index in [1.54, 1.807) is 19.0 Å². The number of nitrogens with zero attached hydrogens (tertiary/aromatic N) is 1. The first kappa shape index (κ1) is 16.1. The van der Waals surface area contributed by atoms with E-state index in [9.17, 15) is 9.59 Å². The van der Waals surface area contributed by atoms with Crippen molar-refractivity contribution >= 4 is 11.7 Å². The molecule has 1 saturated carbocycles. The molecule has 1 amide bonds. The number of amides is 1. The number of rotatable bonds is 6. The smallest absolute Gasteiger partial charge is 0.240 e. The zero-order valence-electron chi connectivity index (χ0n) is 12.5. The minimum absolute atomic E-state index is 0.0603. The number of likely N-dealkylation sites (N-methyl/N-ethyl adjacent to an activating group) is 1. The van der Waals surface area contributed by atoms with Gasteiger partial charge in [0.15, 0.2) is 0 Å². The summed E-state index contributed by atoms with van der Waals surface area (Å²) in [5.41, 5.74) is 2.98. The van der Waals surface area contributed by atoms with Gasteiger partial charge in [0.25, 0.3) is 0 Å². The first-order valence-electron chi connectivity index (χ1n) is 7.18. The summed E-state index contributed by atoms with van der Waals surface area (Å²) in [4.78, 5) is 24.4. The maximum atomic E-state index is 12.6. The second-order valence-electron chi connectivity index (χ2n) is 5.45. The Bertz CT molecular complexity index is 320.